The van der Waals surface area contributed by atoms with E-state index in [-0.39, 0.29) is 11.9 Å². The molecule has 0 aliphatic carbocycles. The fourth-order valence-electron chi connectivity index (χ4n) is 2.71. The molecule has 0 saturated heterocycles. The van der Waals surface area contributed by atoms with Crippen molar-refractivity contribution in [1.82, 2.24) is 15.2 Å². The van der Waals surface area contributed by atoms with Crippen molar-refractivity contribution in [3.05, 3.63) is 78.0 Å². The number of nitrogens with zero attached hydrogens (tertiary/aromatic N) is 2. The minimum atomic E-state index is -0.156. The first-order valence-electron chi connectivity index (χ1n) is 8.00. The lowest BCUT2D eigenvalue weighted by Crippen LogP contribution is -2.35. The number of carbonyl (C=O) groups is 1. The zero-order valence-electron chi connectivity index (χ0n) is 13.9. The van der Waals surface area contributed by atoms with Crippen LogP contribution in [-0.2, 0) is 0 Å². The first kappa shape index (κ1) is 16.1. The molecule has 4 nitrogen and oxygen atoms in total. The maximum Gasteiger partial charge on any atom is 0.270 e. The first-order chi connectivity index (χ1) is 11.6. The SMILES string of the molecule is CN(C)C[C@@H](NC(=O)c1ccc2ccccc2n1)c1ccccc1. The van der Waals surface area contributed by atoms with Gasteiger partial charge in [0.1, 0.15) is 5.69 Å². The average molecular weight is 319 g/mol. The highest BCUT2D eigenvalue weighted by Gasteiger charge is 2.17. The molecule has 1 amide bonds. The van der Waals surface area contributed by atoms with E-state index in [1.807, 2.05) is 74.8 Å². The van der Waals surface area contributed by atoms with Crippen molar-refractivity contribution in [2.45, 2.75) is 6.04 Å². The smallest absolute Gasteiger partial charge is 0.270 e. The second kappa shape index (κ2) is 7.23. The minimum Gasteiger partial charge on any atom is -0.343 e. The molecular formula is C20H21N3O. The highest BCUT2D eigenvalue weighted by Crippen LogP contribution is 2.16. The Morgan fingerprint density at radius 2 is 1.71 bits per heavy atom. The van der Waals surface area contributed by atoms with E-state index >= 15 is 0 Å². The Labute approximate surface area is 142 Å². The van der Waals surface area contributed by atoms with Gasteiger partial charge in [0.25, 0.3) is 5.91 Å². The van der Waals surface area contributed by atoms with Crippen LogP contribution in [0.2, 0.25) is 0 Å². The highest BCUT2D eigenvalue weighted by molar-refractivity contribution is 5.95. The Kier molecular flexibility index (Phi) is 4.87. The molecule has 0 aliphatic rings. The fourth-order valence-corrected chi connectivity index (χ4v) is 2.71. The van der Waals surface area contributed by atoms with Crippen molar-refractivity contribution in [2.24, 2.45) is 0 Å². The van der Waals surface area contributed by atoms with Crippen LogP contribution in [0, 0.1) is 0 Å². The largest absolute Gasteiger partial charge is 0.343 e. The summed E-state index contributed by atoms with van der Waals surface area (Å²) in [5, 5.41) is 4.13. The van der Waals surface area contributed by atoms with Crippen LogP contribution >= 0.6 is 0 Å². The number of hydrogen-bond acceptors (Lipinski definition) is 3. The molecule has 1 atom stereocenters. The third-order valence-electron chi connectivity index (χ3n) is 3.89. The predicted octanol–water partition coefficient (Wildman–Crippen LogP) is 3.27. The molecule has 0 fully saturated rings. The lowest BCUT2D eigenvalue weighted by molar-refractivity contribution is 0.0925. The molecule has 2 aromatic carbocycles. The number of benzene rings is 2. The van der Waals surface area contributed by atoms with Gasteiger partial charge in [-0.3, -0.25) is 4.79 Å². The third-order valence-corrected chi connectivity index (χ3v) is 3.89. The second-order valence-corrected chi connectivity index (χ2v) is 6.09. The Bertz CT molecular complexity index is 830. The van der Waals surface area contributed by atoms with E-state index in [1.54, 1.807) is 6.07 Å². The van der Waals surface area contributed by atoms with E-state index in [0.717, 1.165) is 23.0 Å². The van der Waals surface area contributed by atoms with Crippen LogP contribution < -0.4 is 5.32 Å². The van der Waals surface area contributed by atoms with Crippen molar-refractivity contribution < 1.29 is 4.79 Å². The zero-order valence-corrected chi connectivity index (χ0v) is 13.9. The number of amides is 1. The van der Waals surface area contributed by atoms with Gasteiger partial charge in [-0.25, -0.2) is 4.98 Å². The third kappa shape index (κ3) is 3.78. The van der Waals surface area contributed by atoms with Crippen LogP contribution in [-0.4, -0.2) is 36.4 Å². The van der Waals surface area contributed by atoms with E-state index in [9.17, 15) is 4.79 Å². The normalized spacial score (nSPS) is 12.3. The Balaban J connectivity index is 1.84. The van der Waals surface area contributed by atoms with Gasteiger partial charge in [0.2, 0.25) is 0 Å². The molecule has 1 aromatic heterocycles. The van der Waals surface area contributed by atoms with Gasteiger partial charge in [-0.05, 0) is 31.8 Å². The lowest BCUT2D eigenvalue weighted by Gasteiger charge is -2.22. The van der Waals surface area contributed by atoms with Crippen molar-refractivity contribution in [3.63, 3.8) is 0 Å². The number of fused-ring (bicyclic) bond motifs is 1. The summed E-state index contributed by atoms with van der Waals surface area (Å²) in [7, 11) is 3.99. The molecule has 0 radical (unpaired) electrons. The van der Waals surface area contributed by atoms with Gasteiger partial charge in [-0.1, -0.05) is 54.6 Å². The zero-order chi connectivity index (χ0) is 16.9. The summed E-state index contributed by atoms with van der Waals surface area (Å²) in [4.78, 5) is 19.2. The number of aromatic nitrogens is 1. The van der Waals surface area contributed by atoms with Crippen molar-refractivity contribution in [1.29, 1.82) is 0 Å². The van der Waals surface area contributed by atoms with Crippen molar-refractivity contribution >= 4 is 16.8 Å². The number of hydrogen-bond donors (Lipinski definition) is 1. The van der Waals surface area contributed by atoms with Gasteiger partial charge in [-0.2, -0.15) is 0 Å². The number of pyridine rings is 1. The number of likely N-dealkylation sites (N-methyl/N-ethyl adjacent to an activating group) is 1. The van der Waals surface area contributed by atoms with Gasteiger partial charge < -0.3 is 10.2 Å². The maximum absolute atomic E-state index is 12.7. The molecule has 1 heterocycles. The number of para-hydroxylation sites is 1. The summed E-state index contributed by atoms with van der Waals surface area (Å²) < 4.78 is 0. The predicted molar refractivity (Wildman–Crippen MR) is 96.9 cm³/mol. The number of carbonyl (C=O) groups excluding carboxylic acids is 1. The van der Waals surface area contributed by atoms with Crippen LogP contribution in [0.1, 0.15) is 22.1 Å². The molecule has 0 spiro atoms. The summed E-state index contributed by atoms with van der Waals surface area (Å²) in [6, 6.07) is 21.4. The molecule has 0 saturated carbocycles. The van der Waals surface area contributed by atoms with E-state index < -0.39 is 0 Å². The molecule has 0 unspecified atom stereocenters. The Morgan fingerprint density at radius 3 is 2.46 bits per heavy atom. The average Bonchev–Trinajstić information content (AvgIpc) is 2.61. The van der Waals surface area contributed by atoms with E-state index in [1.165, 1.54) is 0 Å². The molecule has 3 rings (SSSR count). The Hall–Kier alpha value is -2.72. The molecule has 4 heteroatoms. The molecule has 0 aliphatic heterocycles. The second-order valence-electron chi connectivity index (χ2n) is 6.09. The summed E-state index contributed by atoms with van der Waals surface area (Å²) >= 11 is 0. The van der Waals surface area contributed by atoms with Crippen LogP contribution in [0.15, 0.2) is 66.7 Å². The number of rotatable bonds is 5. The topological polar surface area (TPSA) is 45.2 Å². The van der Waals surface area contributed by atoms with Crippen LogP contribution in [0.25, 0.3) is 10.9 Å². The molecule has 3 aromatic rings. The highest BCUT2D eigenvalue weighted by atomic mass is 16.1. The van der Waals surface area contributed by atoms with Gasteiger partial charge >= 0.3 is 0 Å². The summed E-state index contributed by atoms with van der Waals surface area (Å²) in [6.45, 7) is 0.726. The van der Waals surface area contributed by atoms with Crippen molar-refractivity contribution in [2.75, 3.05) is 20.6 Å². The number of nitrogens with one attached hydrogen (secondary N) is 1. The summed E-state index contributed by atoms with van der Waals surface area (Å²) in [5.74, 6) is -0.156. The minimum absolute atomic E-state index is 0.0815. The van der Waals surface area contributed by atoms with E-state index in [4.69, 9.17) is 0 Å². The van der Waals surface area contributed by atoms with E-state index in [2.05, 4.69) is 15.2 Å². The van der Waals surface area contributed by atoms with Crippen LogP contribution in [0.4, 0.5) is 0 Å². The van der Waals surface area contributed by atoms with Gasteiger partial charge in [0.05, 0.1) is 11.6 Å². The summed E-state index contributed by atoms with van der Waals surface area (Å²) in [6.07, 6.45) is 0. The fraction of sp³-hybridized carbons (Fsp3) is 0.200. The van der Waals surface area contributed by atoms with E-state index in [0.29, 0.717) is 5.69 Å². The van der Waals surface area contributed by atoms with Crippen LogP contribution in [0.5, 0.6) is 0 Å². The molecule has 122 valence electrons. The molecule has 1 N–H and O–H groups in total. The van der Waals surface area contributed by atoms with Crippen molar-refractivity contribution in [3.8, 4) is 0 Å². The first-order valence-corrected chi connectivity index (χ1v) is 8.00. The van der Waals surface area contributed by atoms with Gasteiger partial charge in [0, 0.05) is 11.9 Å². The monoisotopic (exact) mass is 319 g/mol. The summed E-state index contributed by atoms with van der Waals surface area (Å²) in [5.41, 5.74) is 2.35. The quantitative estimate of drug-likeness (QED) is 0.785. The molecule has 24 heavy (non-hydrogen) atoms. The van der Waals surface area contributed by atoms with Gasteiger partial charge in [0.15, 0.2) is 0 Å². The molecular weight excluding hydrogens is 298 g/mol. The maximum atomic E-state index is 12.7. The van der Waals surface area contributed by atoms with Gasteiger partial charge in [-0.15, -0.1) is 0 Å². The standard InChI is InChI=1S/C20H21N3O/c1-23(2)14-19(15-8-4-3-5-9-15)22-20(24)18-13-12-16-10-6-7-11-17(16)21-18/h3-13,19H,14H2,1-2H3,(H,22,24)/t19-/m1/s1. The van der Waals surface area contributed by atoms with Crippen LogP contribution in [0.3, 0.4) is 0 Å². The Morgan fingerprint density at radius 1 is 1.00 bits per heavy atom. The lowest BCUT2D eigenvalue weighted by atomic mass is 10.1. The molecule has 0 bridgehead atoms.